The topological polar surface area (TPSA) is 39.1 Å². The van der Waals surface area contributed by atoms with Crippen LogP contribution in [0.3, 0.4) is 0 Å². The molecule has 0 saturated carbocycles. The Morgan fingerprint density at radius 3 is 2.62 bits per heavy atom. The van der Waals surface area contributed by atoms with Crippen LogP contribution in [0.5, 0.6) is 5.75 Å². The molecular weight excluding hydrogens is 262 g/mol. The van der Waals surface area contributed by atoms with E-state index in [0.29, 0.717) is 6.04 Å². The standard InChI is InChI=1S/C17H25N3O/c1-4-18-15(13-17-19-11-12-20(17)2)8-5-14-6-9-16(21-3)10-7-14/h6-7,9-12,15,18H,4-5,8,13H2,1-3H3. The van der Waals surface area contributed by atoms with Gasteiger partial charge < -0.3 is 14.6 Å². The SMILES string of the molecule is CCNC(CCc1ccc(OC)cc1)Cc1nccn1C. The normalized spacial score (nSPS) is 12.3. The van der Waals surface area contributed by atoms with E-state index in [1.807, 2.05) is 24.5 Å². The quantitative estimate of drug-likeness (QED) is 0.811. The molecule has 0 saturated heterocycles. The average Bonchev–Trinajstić information content (AvgIpc) is 2.91. The highest BCUT2D eigenvalue weighted by molar-refractivity contribution is 5.27. The van der Waals surface area contributed by atoms with Crippen molar-refractivity contribution in [2.45, 2.75) is 32.2 Å². The van der Waals surface area contributed by atoms with Gasteiger partial charge in [0.25, 0.3) is 0 Å². The first-order chi connectivity index (χ1) is 10.2. The average molecular weight is 287 g/mol. The van der Waals surface area contributed by atoms with Crippen LogP contribution in [0, 0.1) is 0 Å². The van der Waals surface area contributed by atoms with E-state index in [-0.39, 0.29) is 0 Å². The van der Waals surface area contributed by atoms with Crippen LogP contribution >= 0.6 is 0 Å². The fourth-order valence-electron chi connectivity index (χ4n) is 2.51. The zero-order valence-electron chi connectivity index (χ0n) is 13.2. The van der Waals surface area contributed by atoms with Crippen molar-refractivity contribution < 1.29 is 4.74 Å². The van der Waals surface area contributed by atoms with Gasteiger partial charge in [0.15, 0.2) is 0 Å². The van der Waals surface area contributed by atoms with Gasteiger partial charge in [0.05, 0.1) is 7.11 Å². The second-order valence-electron chi connectivity index (χ2n) is 5.30. The molecule has 114 valence electrons. The molecule has 4 heteroatoms. The Kier molecular flexibility index (Phi) is 5.81. The van der Waals surface area contributed by atoms with Gasteiger partial charge in [-0.2, -0.15) is 0 Å². The van der Waals surface area contributed by atoms with Gasteiger partial charge in [-0.05, 0) is 37.1 Å². The second-order valence-corrected chi connectivity index (χ2v) is 5.30. The lowest BCUT2D eigenvalue weighted by molar-refractivity contribution is 0.414. The van der Waals surface area contributed by atoms with Crippen LogP contribution in [-0.4, -0.2) is 29.2 Å². The lowest BCUT2D eigenvalue weighted by atomic mass is 10.0. The number of likely N-dealkylation sites (N-methyl/N-ethyl adjacent to an activating group) is 1. The molecule has 0 bridgehead atoms. The Bertz CT molecular complexity index is 533. The fourth-order valence-corrected chi connectivity index (χ4v) is 2.51. The summed E-state index contributed by atoms with van der Waals surface area (Å²) in [6.45, 7) is 3.14. The highest BCUT2D eigenvalue weighted by atomic mass is 16.5. The number of hydrogen-bond acceptors (Lipinski definition) is 3. The van der Waals surface area contributed by atoms with Crippen molar-refractivity contribution in [2.24, 2.45) is 7.05 Å². The van der Waals surface area contributed by atoms with E-state index >= 15 is 0 Å². The number of nitrogens with one attached hydrogen (secondary N) is 1. The summed E-state index contributed by atoms with van der Waals surface area (Å²) in [5, 5.41) is 3.56. The molecule has 0 radical (unpaired) electrons. The van der Waals surface area contributed by atoms with Gasteiger partial charge in [-0.25, -0.2) is 4.98 Å². The van der Waals surface area contributed by atoms with Gasteiger partial charge >= 0.3 is 0 Å². The molecule has 1 aromatic heterocycles. The molecule has 1 N–H and O–H groups in total. The summed E-state index contributed by atoms with van der Waals surface area (Å²) in [4.78, 5) is 4.42. The summed E-state index contributed by atoms with van der Waals surface area (Å²) in [7, 11) is 3.75. The molecule has 0 aliphatic heterocycles. The molecule has 2 aromatic rings. The fraction of sp³-hybridized carbons (Fsp3) is 0.471. The van der Waals surface area contributed by atoms with E-state index in [9.17, 15) is 0 Å². The number of imidazole rings is 1. The molecule has 1 unspecified atom stereocenters. The third kappa shape index (κ3) is 4.60. The first-order valence-corrected chi connectivity index (χ1v) is 7.55. The van der Waals surface area contributed by atoms with E-state index in [2.05, 4.69) is 41.0 Å². The van der Waals surface area contributed by atoms with Crippen molar-refractivity contribution in [3.63, 3.8) is 0 Å². The summed E-state index contributed by atoms with van der Waals surface area (Å²) >= 11 is 0. The first kappa shape index (κ1) is 15.6. The Morgan fingerprint density at radius 2 is 2.05 bits per heavy atom. The third-order valence-corrected chi connectivity index (χ3v) is 3.78. The van der Waals surface area contributed by atoms with Gasteiger partial charge in [-0.1, -0.05) is 19.1 Å². The first-order valence-electron chi connectivity index (χ1n) is 7.55. The molecule has 0 spiro atoms. The van der Waals surface area contributed by atoms with Crippen molar-refractivity contribution in [1.29, 1.82) is 0 Å². The van der Waals surface area contributed by atoms with E-state index in [1.165, 1.54) is 5.56 Å². The van der Waals surface area contributed by atoms with Crippen LogP contribution in [0.15, 0.2) is 36.7 Å². The number of methoxy groups -OCH3 is 1. The molecule has 21 heavy (non-hydrogen) atoms. The summed E-state index contributed by atoms with van der Waals surface area (Å²) in [5.74, 6) is 2.05. The lowest BCUT2D eigenvalue weighted by Gasteiger charge is -2.17. The second kappa shape index (κ2) is 7.84. The van der Waals surface area contributed by atoms with E-state index in [4.69, 9.17) is 4.74 Å². The highest BCUT2D eigenvalue weighted by Crippen LogP contribution is 2.14. The van der Waals surface area contributed by atoms with Crippen LogP contribution in [0.2, 0.25) is 0 Å². The van der Waals surface area contributed by atoms with Gasteiger partial charge in [-0.15, -0.1) is 0 Å². The minimum absolute atomic E-state index is 0.457. The smallest absolute Gasteiger partial charge is 0.118 e. The summed E-state index contributed by atoms with van der Waals surface area (Å²) in [5.41, 5.74) is 1.35. The van der Waals surface area contributed by atoms with Crippen LogP contribution in [-0.2, 0) is 19.9 Å². The molecule has 1 heterocycles. The Hall–Kier alpha value is -1.81. The maximum absolute atomic E-state index is 5.19. The molecule has 1 atom stereocenters. The van der Waals surface area contributed by atoms with E-state index in [1.54, 1.807) is 7.11 Å². The zero-order chi connectivity index (χ0) is 15.1. The molecule has 1 aromatic carbocycles. The van der Waals surface area contributed by atoms with E-state index < -0.39 is 0 Å². The van der Waals surface area contributed by atoms with Crippen molar-refractivity contribution in [3.8, 4) is 5.75 Å². The number of rotatable bonds is 8. The highest BCUT2D eigenvalue weighted by Gasteiger charge is 2.11. The molecule has 0 aliphatic rings. The number of hydrogen-bond donors (Lipinski definition) is 1. The van der Waals surface area contributed by atoms with E-state index in [0.717, 1.165) is 37.4 Å². The largest absolute Gasteiger partial charge is 0.497 e. The number of aromatic nitrogens is 2. The molecule has 4 nitrogen and oxygen atoms in total. The Morgan fingerprint density at radius 1 is 1.29 bits per heavy atom. The molecule has 0 aliphatic carbocycles. The Labute approximate surface area is 127 Å². The van der Waals surface area contributed by atoms with Crippen LogP contribution in [0.1, 0.15) is 24.7 Å². The van der Waals surface area contributed by atoms with Crippen LogP contribution in [0.4, 0.5) is 0 Å². The summed E-state index contributed by atoms with van der Waals surface area (Å²) < 4.78 is 7.29. The predicted octanol–water partition coefficient (Wildman–Crippen LogP) is 2.58. The predicted molar refractivity (Wildman–Crippen MR) is 85.7 cm³/mol. The van der Waals surface area contributed by atoms with Gasteiger partial charge in [0.2, 0.25) is 0 Å². The van der Waals surface area contributed by atoms with Crippen LogP contribution in [0.25, 0.3) is 0 Å². The maximum atomic E-state index is 5.19. The number of aryl methyl sites for hydroxylation is 2. The summed E-state index contributed by atoms with van der Waals surface area (Å²) in [6, 6.07) is 8.79. The van der Waals surface area contributed by atoms with Crippen molar-refractivity contribution in [3.05, 3.63) is 48.0 Å². The molecule has 0 fully saturated rings. The van der Waals surface area contributed by atoms with Gasteiger partial charge in [-0.3, -0.25) is 0 Å². The minimum Gasteiger partial charge on any atom is -0.497 e. The molecular formula is C17H25N3O. The minimum atomic E-state index is 0.457. The summed E-state index contributed by atoms with van der Waals surface area (Å²) in [6.07, 6.45) is 7.00. The third-order valence-electron chi connectivity index (χ3n) is 3.78. The zero-order valence-corrected chi connectivity index (χ0v) is 13.2. The van der Waals surface area contributed by atoms with Crippen LogP contribution < -0.4 is 10.1 Å². The Balaban J connectivity index is 1.91. The van der Waals surface area contributed by atoms with Crippen molar-refractivity contribution in [2.75, 3.05) is 13.7 Å². The van der Waals surface area contributed by atoms with Gasteiger partial charge in [0.1, 0.15) is 11.6 Å². The molecule has 2 rings (SSSR count). The number of nitrogens with zero attached hydrogens (tertiary/aromatic N) is 2. The van der Waals surface area contributed by atoms with Crippen molar-refractivity contribution >= 4 is 0 Å². The maximum Gasteiger partial charge on any atom is 0.118 e. The molecule has 0 amide bonds. The number of benzene rings is 1. The van der Waals surface area contributed by atoms with Crippen molar-refractivity contribution in [1.82, 2.24) is 14.9 Å². The lowest BCUT2D eigenvalue weighted by Crippen LogP contribution is -2.32. The number of ether oxygens (including phenoxy) is 1. The van der Waals surface area contributed by atoms with Gasteiger partial charge in [0, 0.05) is 31.9 Å². The monoisotopic (exact) mass is 287 g/mol.